The number of hydrogen-bond donors (Lipinski definition) is 1. The van der Waals surface area contributed by atoms with E-state index in [0.29, 0.717) is 0 Å². The largest absolute Gasteiger partial charge is 0.378 e. The number of rotatable bonds is 5. The van der Waals surface area contributed by atoms with Crippen LogP contribution in [0.5, 0.6) is 0 Å². The lowest BCUT2D eigenvalue weighted by molar-refractivity contribution is 0.621. The summed E-state index contributed by atoms with van der Waals surface area (Å²) in [5.41, 5.74) is 3.54. The van der Waals surface area contributed by atoms with Gasteiger partial charge in [0.25, 0.3) is 0 Å². The normalized spacial score (nSPS) is 12.0. The number of allylic oxidation sites excluding steroid dienone is 1. The van der Waals surface area contributed by atoms with Crippen LogP contribution in [0.4, 0.5) is 5.69 Å². The van der Waals surface area contributed by atoms with Crippen LogP contribution >= 0.6 is 0 Å². The maximum Gasteiger partial charge on any atom is 0.0361 e. The van der Waals surface area contributed by atoms with Crippen LogP contribution in [-0.4, -0.2) is 20.6 Å². The topological polar surface area (TPSA) is 15.3 Å². The summed E-state index contributed by atoms with van der Waals surface area (Å²) in [5.74, 6) is 6.28. The Hall–Kier alpha value is -3.02. The van der Waals surface area contributed by atoms with E-state index in [1.807, 2.05) is 20.2 Å². The predicted octanol–water partition coefficient (Wildman–Crippen LogP) is 5.16. The Morgan fingerprint density at radius 1 is 0.963 bits per heavy atom. The van der Waals surface area contributed by atoms with Gasteiger partial charge in [0.05, 0.1) is 0 Å². The van der Waals surface area contributed by atoms with E-state index in [-0.39, 0.29) is 6.04 Å². The first kappa shape index (κ1) is 18.8. The first-order chi connectivity index (χ1) is 13.1. The van der Waals surface area contributed by atoms with E-state index >= 15 is 0 Å². The van der Waals surface area contributed by atoms with Crippen molar-refractivity contribution in [3.63, 3.8) is 0 Å². The van der Waals surface area contributed by atoms with E-state index < -0.39 is 0 Å². The molecule has 0 amide bonds. The molecule has 27 heavy (non-hydrogen) atoms. The van der Waals surface area contributed by atoms with Crippen molar-refractivity contribution in [2.24, 2.45) is 0 Å². The Balaban J connectivity index is 1.55. The molecule has 0 spiro atoms. The van der Waals surface area contributed by atoms with Gasteiger partial charge in [0, 0.05) is 37.9 Å². The molecule has 0 aromatic heterocycles. The Morgan fingerprint density at radius 3 is 2.48 bits per heavy atom. The lowest BCUT2D eigenvalue weighted by atomic mass is 10.00. The molecule has 2 nitrogen and oxygen atoms in total. The van der Waals surface area contributed by atoms with Crippen molar-refractivity contribution in [2.45, 2.75) is 13.0 Å². The van der Waals surface area contributed by atoms with Crippen LogP contribution in [0.1, 0.15) is 24.1 Å². The molecule has 0 aliphatic heterocycles. The molecule has 3 aromatic rings. The van der Waals surface area contributed by atoms with E-state index in [4.69, 9.17) is 0 Å². The highest BCUT2D eigenvalue weighted by Gasteiger charge is 2.07. The number of nitrogens with one attached hydrogen (secondary N) is 1. The average molecular weight is 354 g/mol. The van der Waals surface area contributed by atoms with Crippen molar-refractivity contribution in [3.8, 4) is 11.8 Å². The summed E-state index contributed by atoms with van der Waals surface area (Å²) in [5, 5.41) is 6.14. The standard InChI is InChI=1S/C25H26N2/c1-20(24-14-9-12-22-11-6-7-13-25(22)24)26-19-8-4-5-10-21-15-17-23(18-16-21)27(2)3/h4,6-9,11-18,20,26H,19H2,1-3H3/b8-4+. The molecule has 0 aliphatic carbocycles. The van der Waals surface area contributed by atoms with Gasteiger partial charge in [-0.05, 0) is 53.6 Å². The van der Waals surface area contributed by atoms with Crippen LogP contribution in [-0.2, 0) is 0 Å². The summed E-state index contributed by atoms with van der Waals surface area (Å²) in [4.78, 5) is 2.08. The molecule has 0 radical (unpaired) electrons. The van der Waals surface area contributed by atoms with Crippen molar-refractivity contribution in [2.75, 3.05) is 25.5 Å². The molecular formula is C25H26N2. The highest BCUT2D eigenvalue weighted by molar-refractivity contribution is 5.86. The minimum Gasteiger partial charge on any atom is -0.378 e. The zero-order chi connectivity index (χ0) is 19.1. The Morgan fingerprint density at radius 2 is 1.70 bits per heavy atom. The molecule has 136 valence electrons. The van der Waals surface area contributed by atoms with Crippen LogP contribution in [0.2, 0.25) is 0 Å². The summed E-state index contributed by atoms with van der Waals surface area (Å²) in [6, 6.07) is 23.6. The summed E-state index contributed by atoms with van der Waals surface area (Å²) in [7, 11) is 4.07. The fraction of sp³-hybridized carbons (Fsp3) is 0.200. The highest BCUT2D eigenvalue weighted by atomic mass is 15.1. The van der Waals surface area contributed by atoms with Gasteiger partial charge in [-0.15, -0.1) is 0 Å². The van der Waals surface area contributed by atoms with E-state index in [1.165, 1.54) is 22.0 Å². The number of fused-ring (bicyclic) bond motifs is 1. The van der Waals surface area contributed by atoms with Crippen LogP contribution < -0.4 is 10.2 Å². The maximum atomic E-state index is 3.55. The zero-order valence-electron chi connectivity index (χ0n) is 16.2. The Bertz CT molecular complexity index is 967. The predicted molar refractivity (Wildman–Crippen MR) is 117 cm³/mol. The van der Waals surface area contributed by atoms with Gasteiger partial charge in [-0.3, -0.25) is 0 Å². The second-order valence-corrected chi connectivity index (χ2v) is 6.81. The van der Waals surface area contributed by atoms with Crippen LogP contribution in [0.15, 0.2) is 78.9 Å². The number of hydrogen-bond acceptors (Lipinski definition) is 2. The van der Waals surface area contributed by atoms with Crippen molar-refractivity contribution >= 4 is 16.5 Å². The van der Waals surface area contributed by atoms with Crippen molar-refractivity contribution < 1.29 is 0 Å². The van der Waals surface area contributed by atoms with Crippen LogP contribution in [0, 0.1) is 11.8 Å². The average Bonchev–Trinajstić information content (AvgIpc) is 2.70. The second-order valence-electron chi connectivity index (χ2n) is 6.81. The fourth-order valence-corrected chi connectivity index (χ4v) is 3.07. The summed E-state index contributed by atoms with van der Waals surface area (Å²) in [6.45, 7) is 2.99. The third kappa shape index (κ3) is 5.00. The first-order valence-corrected chi connectivity index (χ1v) is 9.30. The number of nitrogens with zero attached hydrogens (tertiary/aromatic N) is 1. The van der Waals surface area contributed by atoms with Gasteiger partial charge < -0.3 is 10.2 Å². The van der Waals surface area contributed by atoms with Crippen molar-refractivity contribution in [1.82, 2.24) is 5.32 Å². The van der Waals surface area contributed by atoms with Crippen LogP contribution in [0.3, 0.4) is 0 Å². The van der Waals surface area contributed by atoms with Gasteiger partial charge >= 0.3 is 0 Å². The minimum atomic E-state index is 0.285. The lowest BCUT2D eigenvalue weighted by Crippen LogP contribution is -2.18. The summed E-state index contributed by atoms with van der Waals surface area (Å²) < 4.78 is 0. The monoisotopic (exact) mass is 354 g/mol. The van der Waals surface area contributed by atoms with Gasteiger partial charge in [-0.1, -0.05) is 60.4 Å². The molecule has 0 bridgehead atoms. The van der Waals surface area contributed by atoms with Crippen molar-refractivity contribution in [1.29, 1.82) is 0 Å². The van der Waals surface area contributed by atoms with Crippen molar-refractivity contribution in [3.05, 3.63) is 90.0 Å². The summed E-state index contributed by atoms with van der Waals surface area (Å²) in [6.07, 6.45) is 3.99. The third-order valence-corrected chi connectivity index (χ3v) is 4.63. The van der Waals surface area contributed by atoms with E-state index in [1.54, 1.807) is 0 Å². The summed E-state index contributed by atoms with van der Waals surface area (Å²) >= 11 is 0. The van der Waals surface area contributed by atoms with Gasteiger partial charge in [0.15, 0.2) is 0 Å². The van der Waals surface area contributed by atoms with Crippen LogP contribution in [0.25, 0.3) is 10.8 Å². The molecule has 1 unspecified atom stereocenters. The first-order valence-electron chi connectivity index (χ1n) is 9.30. The van der Waals surface area contributed by atoms with E-state index in [0.717, 1.165) is 12.1 Å². The molecule has 0 saturated heterocycles. The lowest BCUT2D eigenvalue weighted by Gasteiger charge is -2.15. The van der Waals surface area contributed by atoms with E-state index in [9.17, 15) is 0 Å². The molecule has 3 aromatic carbocycles. The third-order valence-electron chi connectivity index (χ3n) is 4.63. The fourth-order valence-electron chi connectivity index (χ4n) is 3.07. The maximum absolute atomic E-state index is 3.55. The molecule has 0 saturated carbocycles. The zero-order valence-corrected chi connectivity index (χ0v) is 16.2. The van der Waals surface area contributed by atoms with Gasteiger partial charge in [-0.25, -0.2) is 0 Å². The Kier molecular flexibility index (Phi) is 6.30. The van der Waals surface area contributed by atoms with Gasteiger partial charge in [-0.2, -0.15) is 0 Å². The molecule has 0 fully saturated rings. The Labute approximate surface area is 162 Å². The smallest absolute Gasteiger partial charge is 0.0361 e. The molecular weight excluding hydrogens is 328 g/mol. The van der Waals surface area contributed by atoms with Gasteiger partial charge in [0.2, 0.25) is 0 Å². The van der Waals surface area contributed by atoms with E-state index in [2.05, 4.69) is 102 Å². The van der Waals surface area contributed by atoms with Gasteiger partial charge in [0.1, 0.15) is 0 Å². The SMILES string of the molecule is CC(NC/C=C/C#Cc1ccc(N(C)C)cc1)c1cccc2ccccc12. The number of benzene rings is 3. The molecule has 2 heteroatoms. The molecule has 0 heterocycles. The second kappa shape index (κ2) is 9.07. The highest BCUT2D eigenvalue weighted by Crippen LogP contribution is 2.23. The molecule has 0 aliphatic rings. The molecule has 1 N–H and O–H groups in total. The molecule has 1 atom stereocenters. The molecule has 3 rings (SSSR count). The number of anilines is 1. The quantitative estimate of drug-likeness (QED) is 0.636. The minimum absolute atomic E-state index is 0.285.